The molecule has 132 valence electrons. The van der Waals surface area contributed by atoms with Crippen LogP contribution in [0.1, 0.15) is 41.6 Å². The van der Waals surface area contributed by atoms with Crippen molar-refractivity contribution in [1.82, 2.24) is 4.98 Å². The summed E-state index contributed by atoms with van der Waals surface area (Å²) in [5, 5.41) is 2.83. The highest BCUT2D eigenvalue weighted by Gasteiger charge is 2.22. The molecule has 0 spiro atoms. The minimum absolute atomic E-state index is 0.0754. The van der Waals surface area contributed by atoms with E-state index in [0.717, 1.165) is 18.8 Å². The highest BCUT2D eigenvalue weighted by Crippen LogP contribution is 2.22. The number of carbonyl (C=O) groups excluding carboxylic acids is 2. The third kappa shape index (κ3) is 4.09. The lowest BCUT2D eigenvalue weighted by molar-refractivity contribution is -0.00521. The van der Waals surface area contributed by atoms with Crippen molar-refractivity contribution in [2.24, 2.45) is 0 Å². The summed E-state index contributed by atoms with van der Waals surface area (Å²) in [4.78, 5) is 28.7. The number of hydrogen-bond donors (Lipinski definition) is 2. The Morgan fingerprint density at radius 3 is 2.36 bits per heavy atom. The zero-order valence-electron chi connectivity index (χ0n) is 14.7. The highest BCUT2D eigenvalue weighted by molar-refractivity contribution is 6.05. The van der Waals surface area contributed by atoms with Gasteiger partial charge in [-0.15, -0.1) is 0 Å². The molecule has 1 fully saturated rings. The maximum absolute atomic E-state index is 12.2. The third-order valence-corrected chi connectivity index (χ3v) is 4.24. The normalized spacial score (nSPS) is 20.4. The van der Waals surface area contributed by atoms with Crippen molar-refractivity contribution >= 4 is 23.1 Å². The van der Waals surface area contributed by atoms with Crippen molar-refractivity contribution in [1.29, 1.82) is 0 Å². The maximum atomic E-state index is 12.2. The second-order valence-electron chi connectivity index (χ2n) is 6.52. The summed E-state index contributed by atoms with van der Waals surface area (Å²) in [5.41, 5.74) is 2.68. The largest absolute Gasteiger partial charge is 0.372 e. The second kappa shape index (κ2) is 7.11. The predicted molar refractivity (Wildman–Crippen MR) is 97.4 cm³/mol. The van der Waals surface area contributed by atoms with Gasteiger partial charge in [-0.1, -0.05) is 0 Å². The number of aromatic nitrogens is 1. The molecule has 1 aliphatic heterocycles. The molecule has 6 nitrogen and oxygen atoms in total. The minimum atomic E-state index is -0.270. The topological polar surface area (TPSA) is 74.4 Å². The van der Waals surface area contributed by atoms with Gasteiger partial charge in [-0.25, -0.2) is 0 Å². The summed E-state index contributed by atoms with van der Waals surface area (Å²) in [6.45, 7) is 7.32. The fourth-order valence-corrected chi connectivity index (χ4v) is 3.07. The van der Waals surface area contributed by atoms with E-state index in [1.807, 2.05) is 24.3 Å². The van der Waals surface area contributed by atoms with E-state index in [9.17, 15) is 9.59 Å². The van der Waals surface area contributed by atoms with Crippen molar-refractivity contribution < 1.29 is 14.3 Å². The molecule has 1 aromatic carbocycles. The average molecular weight is 341 g/mol. The quantitative estimate of drug-likeness (QED) is 0.838. The number of nitrogens with zero attached hydrogens (tertiary/aromatic N) is 1. The zero-order valence-corrected chi connectivity index (χ0v) is 14.7. The van der Waals surface area contributed by atoms with E-state index >= 15 is 0 Å². The molecule has 1 aliphatic rings. The number of H-pyrrole nitrogens is 1. The number of ether oxygens (including phenoxy) is 1. The van der Waals surface area contributed by atoms with Gasteiger partial charge in [0.1, 0.15) is 5.69 Å². The van der Waals surface area contributed by atoms with E-state index < -0.39 is 0 Å². The molecule has 2 N–H and O–H groups in total. The van der Waals surface area contributed by atoms with Crippen LogP contribution in [0.2, 0.25) is 0 Å². The number of benzene rings is 1. The molecule has 0 radical (unpaired) electrons. The smallest absolute Gasteiger partial charge is 0.272 e. The highest BCUT2D eigenvalue weighted by atomic mass is 16.5. The van der Waals surface area contributed by atoms with Crippen LogP contribution in [0.4, 0.5) is 11.4 Å². The van der Waals surface area contributed by atoms with Gasteiger partial charge in [0, 0.05) is 36.2 Å². The average Bonchev–Trinajstić information content (AvgIpc) is 3.05. The van der Waals surface area contributed by atoms with Gasteiger partial charge in [0.2, 0.25) is 0 Å². The molecule has 6 heteroatoms. The van der Waals surface area contributed by atoms with Gasteiger partial charge in [-0.05, 0) is 51.1 Å². The van der Waals surface area contributed by atoms with E-state index in [1.165, 1.54) is 6.92 Å². The standard InChI is InChI=1S/C19H23N3O3/c1-12-10-22(11-13(2)25-12)17-6-4-16(5-7-17)21-19(24)18-8-15(9-20-18)14(3)23/h4-9,12-13,20H,10-11H2,1-3H3,(H,21,24). The van der Waals surface area contributed by atoms with Crippen LogP contribution in [0.3, 0.4) is 0 Å². The molecule has 3 rings (SSSR count). The van der Waals surface area contributed by atoms with Crippen LogP contribution in [0.5, 0.6) is 0 Å². The Kier molecular flexibility index (Phi) is 4.90. The Balaban J connectivity index is 1.65. The Morgan fingerprint density at radius 1 is 1.16 bits per heavy atom. The fraction of sp³-hybridized carbons (Fsp3) is 0.368. The predicted octanol–water partition coefficient (Wildman–Crippen LogP) is 3.08. The molecule has 2 aromatic rings. The van der Waals surface area contributed by atoms with E-state index in [4.69, 9.17) is 4.74 Å². The van der Waals surface area contributed by atoms with Crippen LogP contribution in [0.25, 0.3) is 0 Å². The lowest BCUT2D eigenvalue weighted by Gasteiger charge is -2.36. The zero-order chi connectivity index (χ0) is 18.0. The molecule has 25 heavy (non-hydrogen) atoms. The molecule has 1 aromatic heterocycles. The first-order chi connectivity index (χ1) is 11.9. The number of amides is 1. The molecule has 0 aliphatic carbocycles. The van der Waals surface area contributed by atoms with Gasteiger partial charge in [0.15, 0.2) is 5.78 Å². The van der Waals surface area contributed by atoms with Gasteiger partial charge in [-0.2, -0.15) is 0 Å². The van der Waals surface area contributed by atoms with Crippen molar-refractivity contribution in [3.63, 3.8) is 0 Å². The van der Waals surface area contributed by atoms with Crippen LogP contribution in [0.15, 0.2) is 36.5 Å². The first kappa shape index (κ1) is 17.2. The third-order valence-electron chi connectivity index (χ3n) is 4.24. The number of carbonyl (C=O) groups is 2. The summed E-state index contributed by atoms with van der Waals surface area (Å²) in [5.74, 6) is -0.345. The number of morpholine rings is 1. The molecule has 1 saturated heterocycles. The van der Waals surface area contributed by atoms with Crippen LogP contribution in [0, 0.1) is 0 Å². The molecular weight excluding hydrogens is 318 g/mol. The maximum Gasteiger partial charge on any atom is 0.272 e. The first-order valence-electron chi connectivity index (χ1n) is 8.43. The summed E-state index contributed by atoms with van der Waals surface area (Å²) < 4.78 is 5.76. The van der Waals surface area contributed by atoms with Crippen molar-refractivity contribution in [3.8, 4) is 0 Å². The Bertz CT molecular complexity index is 756. The lowest BCUT2D eigenvalue weighted by atomic mass is 10.2. The molecule has 2 atom stereocenters. The molecule has 2 unspecified atom stereocenters. The van der Waals surface area contributed by atoms with Gasteiger partial charge < -0.3 is 19.9 Å². The summed E-state index contributed by atoms with van der Waals surface area (Å²) >= 11 is 0. The van der Waals surface area contributed by atoms with Crippen LogP contribution in [-0.2, 0) is 4.74 Å². The number of nitrogens with one attached hydrogen (secondary N) is 2. The van der Waals surface area contributed by atoms with E-state index in [1.54, 1.807) is 12.3 Å². The van der Waals surface area contributed by atoms with Crippen molar-refractivity contribution in [3.05, 3.63) is 47.8 Å². The lowest BCUT2D eigenvalue weighted by Crippen LogP contribution is -2.45. The molecular formula is C19H23N3O3. The summed E-state index contributed by atoms with van der Waals surface area (Å²) in [6, 6.07) is 9.31. The van der Waals surface area contributed by atoms with Gasteiger partial charge in [0.05, 0.1) is 12.2 Å². The number of anilines is 2. The van der Waals surface area contributed by atoms with Crippen molar-refractivity contribution in [2.45, 2.75) is 33.0 Å². The second-order valence-corrected chi connectivity index (χ2v) is 6.52. The SMILES string of the molecule is CC(=O)c1c[nH]c(C(=O)Nc2ccc(N3CC(C)OC(C)C3)cc2)c1. The van der Waals surface area contributed by atoms with Gasteiger partial charge in [-0.3, -0.25) is 9.59 Å². The minimum Gasteiger partial charge on any atom is -0.372 e. The van der Waals surface area contributed by atoms with E-state index in [2.05, 4.69) is 29.0 Å². The first-order valence-corrected chi connectivity index (χ1v) is 8.43. The van der Waals surface area contributed by atoms with Gasteiger partial charge >= 0.3 is 0 Å². The number of hydrogen-bond acceptors (Lipinski definition) is 4. The molecule has 0 bridgehead atoms. The summed E-state index contributed by atoms with van der Waals surface area (Å²) in [7, 11) is 0. The number of aromatic amines is 1. The Hall–Kier alpha value is -2.60. The molecule has 1 amide bonds. The van der Waals surface area contributed by atoms with Crippen LogP contribution >= 0.6 is 0 Å². The molecule has 0 saturated carbocycles. The Morgan fingerprint density at radius 2 is 1.80 bits per heavy atom. The van der Waals surface area contributed by atoms with E-state index in [0.29, 0.717) is 16.9 Å². The van der Waals surface area contributed by atoms with Crippen LogP contribution < -0.4 is 10.2 Å². The number of rotatable bonds is 4. The summed E-state index contributed by atoms with van der Waals surface area (Å²) in [6.07, 6.45) is 1.94. The van der Waals surface area contributed by atoms with Crippen molar-refractivity contribution in [2.75, 3.05) is 23.3 Å². The van der Waals surface area contributed by atoms with Crippen LogP contribution in [-0.4, -0.2) is 42.0 Å². The number of Topliss-reactive ketones (excluding diaryl/α,β-unsaturated/α-hetero) is 1. The monoisotopic (exact) mass is 341 g/mol. The fourth-order valence-electron chi connectivity index (χ4n) is 3.07. The number of ketones is 1. The van der Waals surface area contributed by atoms with E-state index in [-0.39, 0.29) is 23.9 Å². The van der Waals surface area contributed by atoms with Gasteiger partial charge in [0.25, 0.3) is 5.91 Å². The molecule has 2 heterocycles. The Labute approximate surface area is 147 Å².